The second-order valence-electron chi connectivity index (χ2n) is 4.47. The molecule has 1 aromatic carbocycles. The Labute approximate surface area is 131 Å². The summed E-state index contributed by atoms with van der Waals surface area (Å²) in [6.07, 6.45) is -3.92. The summed E-state index contributed by atoms with van der Waals surface area (Å²) in [5.74, 6) is -0.347. The van der Waals surface area contributed by atoms with Crippen LogP contribution >= 0.6 is 31.9 Å². The molecule has 1 nitrogen and oxygen atoms in total. The average Bonchev–Trinajstić information content (AvgIpc) is 2.40. The average molecular weight is 422 g/mol. The van der Waals surface area contributed by atoms with Gasteiger partial charge in [-0.15, -0.1) is 0 Å². The summed E-state index contributed by atoms with van der Waals surface area (Å²) in [4.78, 5) is 0. The van der Waals surface area contributed by atoms with Crippen molar-refractivity contribution in [2.24, 2.45) is 0 Å². The van der Waals surface area contributed by atoms with Crippen molar-refractivity contribution in [1.82, 2.24) is 0 Å². The lowest BCUT2D eigenvalue weighted by Crippen LogP contribution is -2.32. The van der Waals surface area contributed by atoms with Crippen LogP contribution in [0.4, 0.5) is 17.6 Å². The largest absolute Gasteiger partial charge is 0.411 e. The molecule has 0 N–H and O–H groups in total. The Hall–Kier alpha value is -0.140. The molecule has 0 radical (unpaired) electrons. The number of hydrogen-bond acceptors (Lipinski definition) is 1. The minimum absolute atomic E-state index is 0.0198. The highest BCUT2D eigenvalue weighted by atomic mass is 79.9. The summed E-state index contributed by atoms with van der Waals surface area (Å²) < 4.78 is 53.7. The van der Waals surface area contributed by atoms with E-state index in [9.17, 15) is 17.6 Å². The predicted molar refractivity (Wildman–Crippen MR) is 77.2 cm³/mol. The number of benzene rings is 1. The summed E-state index contributed by atoms with van der Waals surface area (Å²) in [5, 5.41) is 1.07. The maximum Gasteiger partial charge on any atom is 0.411 e. The predicted octanol–water partition coefficient (Wildman–Crippen LogP) is 4.82. The Morgan fingerprint density at radius 2 is 1.55 bits per heavy atom. The molecular formula is C13H14Br2F4O. The fourth-order valence-electron chi connectivity index (χ4n) is 1.73. The molecule has 0 amide bonds. The van der Waals surface area contributed by atoms with Crippen LogP contribution in [0.2, 0.25) is 0 Å². The topological polar surface area (TPSA) is 9.23 Å². The van der Waals surface area contributed by atoms with Gasteiger partial charge in [-0.3, -0.25) is 0 Å². The zero-order valence-electron chi connectivity index (χ0n) is 10.5. The van der Waals surface area contributed by atoms with Crippen LogP contribution in [0.1, 0.15) is 12.0 Å². The van der Waals surface area contributed by atoms with Crippen molar-refractivity contribution in [2.75, 3.05) is 23.9 Å². The van der Waals surface area contributed by atoms with Crippen LogP contribution in [0.15, 0.2) is 24.3 Å². The SMILES string of the molecule is Fc1ccc(C(CBr)(CBr)CCOCC(F)(F)F)cc1. The van der Waals surface area contributed by atoms with E-state index in [1.165, 1.54) is 12.1 Å². The van der Waals surface area contributed by atoms with Crippen molar-refractivity contribution in [3.05, 3.63) is 35.6 Å². The van der Waals surface area contributed by atoms with Gasteiger partial charge in [0.15, 0.2) is 0 Å². The van der Waals surface area contributed by atoms with Gasteiger partial charge in [-0.1, -0.05) is 44.0 Å². The molecule has 0 unspecified atom stereocenters. The fourth-order valence-corrected chi connectivity index (χ4v) is 3.86. The zero-order valence-corrected chi connectivity index (χ0v) is 13.7. The van der Waals surface area contributed by atoms with Gasteiger partial charge < -0.3 is 4.74 Å². The molecule has 20 heavy (non-hydrogen) atoms. The second-order valence-corrected chi connectivity index (χ2v) is 5.59. The smallest absolute Gasteiger partial charge is 0.372 e. The van der Waals surface area contributed by atoms with Crippen molar-refractivity contribution in [3.63, 3.8) is 0 Å². The van der Waals surface area contributed by atoms with E-state index in [1.54, 1.807) is 12.1 Å². The molecule has 1 aromatic rings. The van der Waals surface area contributed by atoms with Crippen LogP contribution in [-0.2, 0) is 10.2 Å². The van der Waals surface area contributed by atoms with E-state index in [-0.39, 0.29) is 12.4 Å². The van der Waals surface area contributed by atoms with E-state index in [0.717, 1.165) is 5.56 Å². The zero-order chi connectivity index (χ0) is 15.2. The van der Waals surface area contributed by atoms with Crippen LogP contribution in [0.25, 0.3) is 0 Å². The van der Waals surface area contributed by atoms with Crippen LogP contribution in [0, 0.1) is 5.82 Å². The van der Waals surface area contributed by atoms with Crippen LogP contribution in [0.3, 0.4) is 0 Å². The molecule has 0 saturated carbocycles. The number of ether oxygens (including phenoxy) is 1. The van der Waals surface area contributed by atoms with Gasteiger partial charge in [0, 0.05) is 22.7 Å². The normalized spacial score (nSPS) is 12.7. The molecule has 7 heteroatoms. The Bertz CT molecular complexity index is 402. The van der Waals surface area contributed by atoms with E-state index in [0.29, 0.717) is 17.1 Å². The molecule has 0 bridgehead atoms. The highest BCUT2D eigenvalue weighted by Crippen LogP contribution is 2.33. The van der Waals surface area contributed by atoms with Crippen molar-refractivity contribution in [3.8, 4) is 0 Å². The minimum Gasteiger partial charge on any atom is -0.372 e. The minimum atomic E-state index is -4.32. The summed E-state index contributed by atoms with van der Waals surface area (Å²) >= 11 is 6.76. The number of hydrogen-bond donors (Lipinski definition) is 0. The van der Waals surface area contributed by atoms with Gasteiger partial charge in [-0.2, -0.15) is 13.2 Å². The third-order valence-electron chi connectivity index (χ3n) is 2.96. The van der Waals surface area contributed by atoms with Crippen LogP contribution < -0.4 is 0 Å². The Morgan fingerprint density at radius 1 is 1.00 bits per heavy atom. The van der Waals surface area contributed by atoms with Crippen molar-refractivity contribution >= 4 is 31.9 Å². The highest BCUT2D eigenvalue weighted by molar-refractivity contribution is 9.09. The lowest BCUT2D eigenvalue weighted by molar-refractivity contribution is -0.174. The first kappa shape index (κ1) is 17.9. The molecule has 0 atom stereocenters. The van der Waals surface area contributed by atoms with Crippen molar-refractivity contribution < 1.29 is 22.3 Å². The first-order chi connectivity index (χ1) is 9.33. The maximum atomic E-state index is 12.9. The Balaban J connectivity index is 2.69. The number of halogens is 6. The number of rotatable bonds is 7. The lowest BCUT2D eigenvalue weighted by atomic mass is 9.82. The highest BCUT2D eigenvalue weighted by Gasteiger charge is 2.32. The third-order valence-corrected chi connectivity index (χ3v) is 5.11. The molecule has 114 valence electrons. The van der Waals surface area contributed by atoms with Crippen LogP contribution in [0.5, 0.6) is 0 Å². The van der Waals surface area contributed by atoms with E-state index in [2.05, 4.69) is 36.6 Å². The van der Waals surface area contributed by atoms with E-state index < -0.39 is 18.2 Å². The van der Waals surface area contributed by atoms with Gasteiger partial charge in [0.1, 0.15) is 12.4 Å². The standard InChI is InChI=1S/C13H14Br2F4O/c14-7-12(8-15,5-6-20-9-13(17,18)19)10-1-3-11(16)4-2-10/h1-4H,5-9H2. The molecular weight excluding hydrogens is 408 g/mol. The first-order valence-electron chi connectivity index (χ1n) is 5.85. The molecule has 1 rings (SSSR count). The maximum absolute atomic E-state index is 12.9. The van der Waals surface area contributed by atoms with Gasteiger partial charge in [0.25, 0.3) is 0 Å². The van der Waals surface area contributed by atoms with E-state index in [1.807, 2.05) is 0 Å². The molecule has 0 aromatic heterocycles. The van der Waals surface area contributed by atoms with Gasteiger partial charge in [0.2, 0.25) is 0 Å². The summed E-state index contributed by atoms with van der Waals surface area (Å²) in [7, 11) is 0. The van der Waals surface area contributed by atoms with Gasteiger partial charge in [-0.25, -0.2) is 4.39 Å². The molecule has 0 fully saturated rings. The van der Waals surface area contributed by atoms with Gasteiger partial charge in [0.05, 0.1) is 0 Å². The van der Waals surface area contributed by atoms with Crippen LogP contribution in [-0.4, -0.2) is 30.1 Å². The summed E-state index contributed by atoms with van der Waals surface area (Å²) in [6, 6.07) is 5.96. The molecule has 0 heterocycles. The summed E-state index contributed by atoms with van der Waals surface area (Å²) in [5.41, 5.74) is 0.419. The van der Waals surface area contributed by atoms with Crippen molar-refractivity contribution in [2.45, 2.75) is 18.0 Å². The fraction of sp³-hybridized carbons (Fsp3) is 0.538. The third kappa shape index (κ3) is 5.33. The molecule has 0 aliphatic rings. The molecule has 0 spiro atoms. The second kappa shape index (κ2) is 7.75. The number of alkyl halides is 5. The molecule has 0 saturated heterocycles. The van der Waals surface area contributed by atoms with Crippen molar-refractivity contribution in [1.29, 1.82) is 0 Å². The van der Waals surface area contributed by atoms with Gasteiger partial charge >= 0.3 is 6.18 Å². The Morgan fingerprint density at radius 3 is 2.00 bits per heavy atom. The van der Waals surface area contributed by atoms with E-state index >= 15 is 0 Å². The monoisotopic (exact) mass is 420 g/mol. The quantitative estimate of drug-likeness (QED) is 0.348. The first-order valence-corrected chi connectivity index (χ1v) is 8.10. The molecule has 0 aliphatic heterocycles. The lowest BCUT2D eigenvalue weighted by Gasteiger charge is -2.30. The summed E-state index contributed by atoms with van der Waals surface area (Å²) in [6.45, 7) is -1.27. The Kier molecular flexibility index (Phi) is 6.94. The van der Waals surface area contributed by atoms with Gasteiger partial charge in [-0.05, 0) is 24.1 Å². The molecule has 0 aliphatic carbocycles. The van der Waals surface area contributed by atoms with E-state index in [4.69, 9.17) is 0 Å².